The minimum atomic E-state index is -0.114. The molecule has 0 atom stereocenters. The van der Waals surface area contributed by atoms with Crippen LogP contribution in [-0.2, 0) is 6.54 Å². The molecule has 1 N–H and O–H groups in total. The molecule has 150 valence electrons. The molecular formula is C22H24N4OS2. The van der Waals surface area contributed by atoms with Crippen molar-refractivity contribution < 1.29 is 4.79 Å². The molecule has 1 saturated heterocycles. The van der Waals surface area contributed by atoms with E-state index in [0.717, 1.165) is 47.3 Å². The van der Waals surface area contributed by atoms with Gasteiger partial charge in [-0.25, -0.2) is 4.98 Å². The average molecular weight is 425 g/mol. The van der Waals surface area contributed by atoms with Gasteiger partial charge in [-0.15, -0.1) is 11.3 Å². The fourth-order valence-electron chi connectivity index (χ4n) is 3.38. The van der Waals surface area contributed by atoms with E-state index in [1.54, 1.807) is 6.20 Å². The third kappa shape index (κ3) is 4.69. The van der Waals surface area contributed by atoms with Gasteiger partial charge in [-0.05, 0) is 43.2 Å². The van der Waals surface area contributed by atoms with Crippen LogP contribution >= 0.6 is 23.1 Å². The monoisotopic (exact) mass is 424 g/mol. The first-order valence-electron chi connectivity index (χ1n) is 9.70. The molecule has 0 aliphatic carbocycles. The Labute approximate surface area is 179 Å². The number of hydrogen-bond donors (Lipinski definition) is 1. The van der Waals surface area contributed by atoms with Crippen LogP contribution in [0.25, 0.3) is 10.7 Å². The standard InChI is InChI=1S/C22H24N4OS2/c1-15-17(14-26-10-12-28-13-11-26)6-5-8-18(15)25-21(27)20-16(2)24-22(29-20)19-7-3-4-9-23-19/h3-9H,10-14H2,1-2H3,(H,25,27). The lowest BCUT2D eigenvalue weighted by molar-refractivity contribution is 0.102. The van der Waals surface area contributed by atoms with E-state index >= 15 is 0 Å². The van der Waals surface area contributed by atoms with Gasteiger partial charge < -0.3 is 5.32 Å². The molecule has 0 unspecified atom stereocenters. The van der Waals surface area contributed by atoms with Crippen LogP contribution in [0.3, 0.4) is 0 Å². The van der Waals surface area contributed by atoms with E-state index in [9.17, 15) is 4.79 Å². The molecule has 0 saturated carbocycles. The van der Waals surface area contributed by atoms with Crippen LogP contribution in [0.1, 0.15) is 26.5 Å². The summed E-state index contributed by atoms with van der Waals surface area (Å²) in [6, 6.07) is 11.9. The molecule has 0 radical (unpaired) electrons. The third-order valence-electron chi connectivity index (χ3n) is 5.08. The van der Waals surface area contributed by atoms with E-state index in [1.807, 2.05) is 49.0 Å². The summed E-state index contributed by atoms with van der Waals surface area (Å²) in [6.45, 7) is 7.13. The molecule has 1 aromatic carbocycles. The summed E-state index contributed by atoms with van der Waals surface area (Å²) in [5, 5.41) is 3.86. The second-order valence-electron chi connectivity index (χ2n) is 7.08. The topological polar surface area (TPSA) is 58.1 Å². The van der Waals surface area contributed by atoms with Crippen LogP contribution in [0.4, 0.5) is 5.69 Å². The number of thioether (sulfide) groups is 1. The lowest BCUT2D eigenvalue weighted by Crippen LogP contribution is -2.32. The van der Waals surface area contributed by atoms with E-state index in [2.05, 4.69) is 33.2 Å². The Morgan fingerprint density at radius 3 is 2.72 bits per heavy atom. The van der Waals surface area contributed by atoms with E-state index in [4.69, 9.17) is 0 Å². The number of pyridine rings is 1. The summed E-state index contributed by atoms with van der Waals surface area (Å²) in [5.74, 6) is 2.27. The predicted octanol–water partition coefficient (Wildman–Crippen LogP) is 4.62. The highest BCUT2D eigenvalue weighted by molar-refractivity contribution is 7.99. The number of thiazole rings is 1. The van der Waals surface area contributed by atoms with Crippen LogP contribution in [-0.4, -0.2) is 45.4 Å². The molecule has 29 heavy (non-hydrogen) atoms. The second kappa shape index (κ2) is 9.07. The fraction of sp³-hybridized carbons (Fsp3) is 0.318. The fourth-order valence-corrected chi connectivity index (χ4v) is 5.29. The Balaban J connectivity index is 1.51. The first-order valence-corrected chi connectivity index (χ1v) is 11.7. The minimum absolute atomic E-state index is 0.114. The normalized spacial score (nSPS) is 14.7. The maximum absolute atomic E-state index is 13.0. The van der Waals surface area contributed by atoms with Crippen molar-refractivity contribution in [3.8, 4) is 10.7 Å². The SMILES string of the molecule is Cc1nc(-c2ccccn2)sc1C(=O)Nc1cccc(CN2CCSCC2)c1C. The van der Waals surface area contributed by atoms with Gasteiger partial charge in [0.05, 0.1) is 11.4 Å². The smallest absolute Gasteiger partial charge is 0.267 e. The number of amides is 1. The van der Waals surface area contributed by atoms with Crippen LogP contribution < -0.4 is 5.32 Å². The zero-order chi connectivity index (χ0) is 20.2. The molecule has 1 aliphatic heterocycles. The number of carbonyl (C=O) groups excluding carboxylic acids is 1. The second-order valence-corrected chi connectivity index (χ2v) is 9.30. The van der Waals surface area contributed by atoms with Gasteiger partial charge in [0.15, 0.2) is 0 Å². The van der Waals surface area contributed by atoms with Gasteiger partial charge >= 0.3 is 0 Å². The van der Waals surface area contributed by atoms with Gasteiger partial charge in [0.25, 0.3) is 5.91 Å². The largest absolute Gasteiger partial charge is 0.321 e. The molecule has 0 bridgehead atoms. The molecule has 4 rings (SSSR count). The quantitative estimate of drug-likeness (QED) is 0.647. The molecule has 5 nitrogen and oxygen atoms in total. The number of nitrogens with zero attached hydrogens (tertiary/aromatic N) is 3. The first-order chi connectivity index (χ1) is 14.1. The maximum atomic E-state index is 13.0. The summed E-state index contributed by atoms with van der Waals surface area (Å²) in [5.41, 5.74) is 4.78. The highest BCUT2D eigenvalue weighted by Crippen LogP contribution is 2.28. The summed E-state index contributed by atoms with van der Waals surface area (Å²) < 4.78 is 0. The number of anilines is 1. The van der Waals surface area contributed by atoms with Crippen LogP contribution in [0.5, 0.6) is 0 Å². The van der Waals surface area contributed by atoms with Crippen molar-refractivity contribution >= 4 is 34.7 Å². The van der Waals surface area contributed by atoms with E-state index in [0.29, 0.717) is 4.88 Å². The van der Waals surface area contributed by atoms with Crippen molar-refractivity contribution in [1.29, 1.82) is 0 Å². The van der Waals surface area contributed by atoms with Crippen molar-refractivity contribution in [3.05, 3.63) is 64.3 Å². The highest BCUT2D eigenvalue weighted by atomic mass is 32.2. The Morgan fingerprint density at radius 2 is 1.97 bits per heavy atom. The number of benzene rings is 1. The molecule has 3 aromatic rings. The van der Waals surface area contributed by atoms with Crippen LogP contribution in [0, 0.1) is 13.8 Å². The van der Waals surface area contributed by atoms with Gasteiger partial charge in [-0.2, -0.15) is 11.8 Å². The van der Waals surface area contributed by atoms with Crippen molar-refractivity contribution in [2.45, 2.75) is 20.4 Å². The van der Waals surface area contributed by atoms with Gasteiger partial charge in [0, 0.05) is 43.0 Å². The lowest BCUT2D eigenvalue weighted by atomic mass is 10.1. The molecule has 3 heterocycles. The molecule has 1 aliphatic rings. The van der Waals surface area contributed by atoms with Gasteiger partial charge in [0.1, 0.15) is 9.88 Å². The first kappa shape index (κ1) is 20.1. The van der Waals surface area contributed by atoms with Gasteiger partial charge in [-0.3, -0.25) is 14.7 Å². The van der Waals surface area contributed by atoms with E-state index < -0.39 is 0 Å². The molecule has 0 spiro atoms. The molecule has 1 amide bonds. The molecular weight excluding hydrogens is 400 g/mol. The van der Waals surface area contributed by atoms with Crippen LogP contribution in [0.2, 0.25) is 0 Å². The maximum Gasteiger partial charge on any atom is 0.267 e. The molecule has 2 aromatic heterocycles. The number of aromatic nitrogens is 2. The number of hydrogen-bond acceptors (Lipinski definition) is 6. The number of rotatable bonds is 5. The van der Waals surface area contributed by atoms with Gasteiger partial charge in [-0.1, -0.05) is 18.2 Å². The van der Waals surface area contributed by atoms with Crippen LogP contribution in [0.15, 0.2) is 42.6 Å². The van der Waals surface area contributed by atoms with Crippen molar-refractivity contribution in [1.82, 2.24) is 14.9 Å². The highest BCUT2D eigenvalue weighted by Gasteiger charge is 2.19. The zero-order valence-electron chi connectivity index (χ0n) is 16.6. The number of nitrogens with one attached hydrogen (secondary N) is 1. The van der Waals surface area contributed by atoms with Crippen molar-refractivity contribution in [3.63, 3.8) is 0 Å². The molecule has 7 heteroatoms. The van der Waals surface area contributed by atoms with Crippen molar-refractivity contribution in [2.75, 3.05) is 29.9 Å². The Bertz CT molecular complexity index is 997. The summed E-state index contributed by atoms with van der Waals surface area (Å²) in [7, 11) is 0. The van der Waals surface area contributed by atoms with Gasteiger partial charge in [0.2, 0.25) is 0 Å². The summed E-state index contributed by atoms with van der Waals surface area (Å²) in [4.78, 5) is 25.0. The van der Waals surface area contributed by atoms with E-state index in [1.165, 1.54) is 28.4 Å². The number of carbonyl (C=O) groups is 1. The zero-order valence-corrected chi connectivity index (χ0v) is 18.3. The lowest BCUT2D eigenvalue weighted by Gasteiger charge is -2.27. The Morgan fingerprint density at radius 1 is 1.14 bits per heavy atom. The third-order valence-corrected chi connectivity index (χ3v) is 7.20. The van der Waals surface area contributed by atoms with Crippen molar-refractivity contribution in [2.24, 2.45) is 0 Å². The molecule has 1 fully saturated rings. The number of aryl methyl sites for hydroxylation is 1. The van der Waals surface area contributed by atoms with E-state index in [-0.39, 0.29) is 5.91 Å². The summed E-state index contributed by atoms with van der Waals surface area (Å²) in [6.07, 6.45) is 1.74. The Hall–Kier alpha value is -2.22. The average Bonchev–Trinajstić information content (AvgIpc) is 3.14. The minimum Gasteiger partial charge on any atom is -0.321 e. The summed E-state index contributed by atoms with van der Waals surface area (Å²) >= 11 is 3.40. The Kier molecular flexibility index (Phi) is 6.28. The predicted molar refractivity (Wildman–Crippen MR) is 122 cm³/mol.